The molecule has 2 fully saturated rings. The largest absolute Gasteiger partial charge is 0.490 e. The van der Waals surface area contributed by atoms with Gasteiger partial charge in [0, 0.05) is 60.3 Å². The first-order chi connectivity index (χ1) is 17.2. The van der Waals surface area contributed by atoms with Crippen LogP contribution < -0.4 is 10.1 Å². The van der Waals surface area contributed by atoms with Gasteiger partial charge in [-0.2, -0.15) is 0 Å². The molecule has 0 bridgehead atoms. The highest BCUT2D eigenvalue weighted by Gasteiger charge is 2.31. The topological polar surface area (TPSA) is 95.0 Å². The molecular weight excluding hydrogens is 524 g/mol. The van der Waals surface area contributed by atoms with E-state index in [-0.39, 0.29) is 42.4 Å². The molecule has 0 aromatic heterocycles. The minimum atomic E-state index is -0.248. The number of nitrogens with zero attached hydrogens (tertiary/aromatic N) is 2. The van der Waals surface area contributed by atoms with E-state index in [9.17, 15) is 9.59 Å². The van der Waals surface area contributed by atoms with Gasteiger partial charge in [0.1, 0.15) is 17.6 Å². The minimum absolute atomic E-state index is 0.0357. The molecule has 36 heavy (non-hydrogen) atoms. The molecule has 2 aliphatic heterocycles. The fourth-order valence-electron chi connectivity index (χ4n) is 5.26. The predicted molar refractivity (Wildman–Crippen MR) is 142 cm³/mol. The molecule has 2 N–H and O–H groups in total. The second kappa shape index (κ2) is 11.8. The molecule has 2 amide bonds. The van der Waals surface area contributed by atoms with Crippen LogP contribution in [0.4, 0.5) is 0 Å². The Labute approximate surface area is 222 Å². The lowest BCUT2D eigenvalue weighted by Gasteiger charge is -2.35. The first-order valence-corrected chi connectivity index (χ1v) is 13.7. The number of morpholine rings is 1. The molecule has 0 saturated carbocycles. The monoisotopic (exact) mass is 560 g/mol. The second-order valence-electron chi connectivity index (χ2n) is 10.1. The zero-order chi connectivity index (χ0) is 25.8. The number of allylic oxidation sites excluding steroid dienone is 1. The summed E-state index contributed by atoms with van der Waals surface area (Å²) < 4.78 is 13.0. The molecule has 8 nitrogen and oxygen atoms in total. The van der Waals surface area contributed by atoms with Gasteiger partial charge in [0.15, 0.2) is 0 Å². The van der Waals surface area contributed by atoms with Gasteiger partial charge in [0.2, 0.25) is 5.91 Å². The van der Waals surface area contributed by atoms with Crippen molar-refractivity contribution in [3.8, 4) is 5.75 Å². The smallest absolute Gasteiger partial charge is 0.272 e. The summed E-state index contributed by atoms with van der Waals surface area (Å²) in [6.45, 7) is 8.43. The van der Waals surface area contributed by atoms with Gasteiger partial charge in [-0.25, -0.2) is 0 Å². The lowest BCUT2D eigenvalue weighted by molar-refractivity contribution is -0.136. The van der Waals surface area contributed by atoms with E-state index >= 15 is 0 Å². The Balaban J connectivity index is 1.27. The molecule has 196 valence electrons. The molecule has 1 aromatic rings. The summed E-state index contributed by atoms with van der Waals surface area (Å²) in [6, 6.07) is 5.96. The van der Waals surface area contributed by atoms with Gasteiger partial charge in [0.05, 0.1) is 18.8 Å². The van der Waals surface area contributed by atoms with Crippen LogP contribution in [0.15, 0.2) is 33.9 Å². The van der Waals surface area contributed by atoms with Crippen LogP contribution in [0, 0.1) is 12.3 Å². The maximum Gasteiger partial charge on any atom is 0.272 e. The summed E-state index contributed by atoms with van der Waals surface area (Å²) in [6.07, 6.45) is 3.94. The first kappa shape index (κ1) is 26.7. The van der Waals surface area contributed by atoms with Crippen molar-refractivity contribution in [3.63, 3.8) is 0 Å². The number of benzene rings is 1. The average molecular weight is 562 g/mol. The summed E-state index contributed by atoms with van der Waals surface area (Å²) in [4.78, 5) is 29.5. The third-order valence-electron chi connectivity index (χ3n) is 7.20. The first-order valence-electron chi connectivity index (χ1n) is 12.9. The van der Waals surface area contributed by atoms with Crippen LogP contribution in [0.25, 0.3) is 0 Å². The maximum atomic E-state index is 13.0. The summed E-state index contributed by atoms with van der Waals surface area (Å²) >= 11 is 3.55. The fourth-order valence-corrected chi connectivity index (χ4v) is 5.61. The van der Waals surface area contributed by atoms with Crippen molar-refractivity contribution in [2.24, 2.45) is 0 Å². The van der Waals surface area contributed by atoms with E-state index in [1.165, 1.54) is 0 Å². The Morgan fingerprint density at radius 2 is 1.83 bits per heavy atom. The van der Waals surface area contributed by atoms with Crippen molar-refractivity contribution in [2.75, 3.05) is 32.7 Å². The number of piperidine rings is 1. The number of carbonyl (C=O) groups excluding carboxylic acids is 2. The molecule has 2 atom stereocenters. The van der Waals surface area contributed by atoms with Gasteiger partial charge in [0.25, 0.3) is 5.91 Å². The van der Waals surface area contributed by atoms with Crippen LogP contribution in [0.2, 0.25) is 0 Å². The van der Waals surface area contributed by atoms with Gasteiger partial charge in [-0.05, 0) is 52.2 Å². The van der Waals surface area contributed by atoms with Gasteiger partial charge >= 0.3 is 0 Å². The van der Waals surface area contributed by atoms with Crippen molar-refractivity contribution >= 4 is 33.5 Å². The Morgan fingerprint density at radius 1 is 1.14 bits per heavy atom. The second-order valence-corrected chi connectivity index (χ2v) is 10.9. The van der Waals surface area contributed by atoms with Crippen molar-refractivity contribution in [2.45, 2.75) is 71.2 Å². The lowest BCUT2D eigenvalue weighted by atomic mass is 10.1. The van der Waals surface area contributed by atoms with E-state index in [0.717, 1.165) is 52.7 Å². The van der Waals surface area contributed by atoms with Crippen molar-refractivity contribution < 1.29 is 19.1 Å². The van der Waals surface area contributed by atoms with Crippen LogP contribution in [0.1, 0.15) is 51.5 Å². The number of hydrogen-bond donors (Lipinski definition) is 2. The maximum absolute atomic E-state index is 13.0. The molecule has 2 heterocycles. The van der Waals surface area contributed by atoms with Gasteiger partial charge in [-0.3, -0.25) is 15.0 Å². The number of amides is 2. The molecule has 0 radical (unpaired) electrons. The molecule has 1 aliphatic carbocycles. The normalized spacial score (nSPS) is 23.1. The van der Waals surface area contributed by atoms with E-state index in [4.69, 9.17) is 14.9 Å². The molecule has 3 aliphatic rings. The molecule has 9 heteroatoms. The van der Waals surface area contributed by atoms with Gasteiger partial charge in [-0.15, -0.1) is 0 Å². The Hall–Kier alpha value is -2.39. The molecule has 0 spiro atoms. The van der Waals surface area contributed by atoms with Crippen molar-refractivity contribution in [3.05, 3.63) is 39.5 Å². The molecule has 0 unspecified atom stereocenters. The minimum Gasteiger partial charge on any atom is -0.490 e. The number of rotatable bonds is 7. The van der Waals surface area contributed by atoms with Crippen molar-refractivity contribution in [1.29, 1.82) is 5.41 Å². The van der Waals surface area contributed by atoms with E-state index in [2.05, 4.69) is 21.2 Å². The highest BCUT2D eigenvalue weighted by molar-refractivity contribution is 9.10. The van der Waals surface area contributed by atoms with E-state index in [1.807, 2.05) is 43.9 Å². The number of carbonyl (C=O) groups is 2. The Kier molecular flexibility index (Phi) is 8.72. The summed E-state index contributed by atoms with van der Waals surface area (Å²) in [7, 11) is 0. The zero-order valence-corrected chi connectivity index (χ0v) is 23.0. The van der Waals surface area contributed by atoms with Crippen molar-refractivity contribution in [1.82, 2.24) is 15.1 Å². The van der Waals surface area contributed by atoms with Crippen LogP contribution in [-0.4, -0.2) is 78.4 Å². The van der Waals surface area contributed by atoms with Crippen LogP contribution in [-0.2, 0) is 14.3 Å². The number of hydrogen-bond acceptors (Lipinski definition) is 6. The zero-order valence-electron chi connectivity index (χ0n) is 21.4. The summed E-state index contributed by atoms with van der Waals surface area (Å²) in [5.41, 5.74) is 2.74. The number of nitrogens with one attached hydrogen (secondary N) is 2. The van der Waals surface area contributed by atoms with E-state index < -0.39 is 0 Å². The Morgan fingerprint density at radius 3 is 2.53 bits per heavy atom. The van der Waals surface area contributed by atoms with Crippen LogP contribution >= 0.6 is 15.9 Å². The molecule has 4 rings (SSSR count). The molecule has 1 aromatic carbocycles. The standard InChI is InChI=1S/C27H37BrN4O4/c1-17-15-32(16-18(2)35-17)27(34)26(29)21-6-4-8-23(21)30-14-25(33)31-12-10-20(11-13-31)36-24-9-5-7-22(28)19(24)3/h5,7,9,17-18,20,29-30H,4,6,8,10-16H2,1-3H3/t17-,18+. The van der Waals surface area contributed by atoms with E-state index in [1.54, 1.807) is 4.90 Å². The summed E-state index contributed by atoms with van der Waals surface area (Å²) in [5.74, 6) is 0.677. The van der Waals surface area contributed by atoms with Crippen LogP contribution in [0.3, 0.4) is 0 Å². The SMILES string of the molecule is Cc1c(Br)cccc1OC1CCN(C(=O)CNC2=C(C(=N)C(=O)N3C[C@@H](C)O[C@@H](C)C3)CCC2)CC1. The molecular formula is C27H37BrN4O4. The number of likely N-dealkylation sites (tertiary alicyclic amines) is 1. The number of halogens is 1. The highest BCUT2D eigenvalue weighted by Crippen LogP contribution is 2.29. The van der Waals surface area contributed by atoms with Gasteiger partial charge in [-0.1, -0.05) is 22.0 Å². The quantitative estimate of drug-likeness (QED) is 0.494. The third kappa shape index (κ3) is 6.29. The lowest BCUT2D eigenvalue weighted by Crippen LogP contribution is -2.50. The third-order valence-corrected chi connectivity index (χ3v) is 8.06. The number of ether oxygens (including phenoxy) is 2. The van der Waals surface area contributed by atoms with E-state index in [0.29, 0.717) is 32.6 Å². The summed E-state index contributed by atoms with van der Waals surface area (Å²) in [5, 5.41) is 11.8. The van der Waals surface area contributed by atoms with Gasteiger partial charge < -0.3 is 24.6 Å². The Bertz CT molecular complexity index is 1020. The fraction of sp³-hybridized carbons (Fsp3) is 0.593. The predicted octanol–water partition coefficient (Wildman–Crippen LogP) is 3.81. The average Bonchev–Trinajstić information content (AvgIpc) is 3.33. The van der Waals surface area contributed by atoms with Crippen LogP contribution in [0.5, 0.6) is 5.75 Å². The molecule has 2 saturated heterocycles. The highest BCUT2D eigenvalue weighted by atomic mass is 79.9.